The predicted octanol–water partition coefficient (Wildman–Crippen LogP) is 3.08. The second-order valence-corrected chi connectivity index (χ2v) is 4.84. The van der Waals surface area contributed by atoms with Crippen molar-refractivity contribution >= 4 is 33.4 Å². The molecule has 0 atom stereocenters. The van der Waals surface area contributed by atoms with Crippen LogP contribution in [0.2, 0.25) is 0 Å². The van der Waals surface area contributed by atoms with Crippen LogP contribution in [0.1, 0.15) is 16.1 Å². The van der Waals surface area contributed by atoms with E-state index in [0.717, 1.165) is 15.7 Å². The van der Waals surface area contributed by atoms with Gasteiger partial charge in [-0.15, -0.1) is 0 Å². The van der Waals surface area contributed by atoms with Crippen LogP contribution in [0.4, 0.5) is 11.5 Å². The number of aryl methyl sites for hydroxylation is 1. The molecule has 1 aromatic carbocycles. The molecular formula is C13H12BrN3O2. The number of carbonyl (C=O) groups is 1. The van der Waals surface area contributed by atoms with Crippen LogP contribution in [0, 0.1) is 6.92 Å². The number of ether oxygens (including phenoxy) is 1. The van der Waals surface area contributed by atoms with E-state index < -0.39 is 5.97 Å². The number of carbonyl (C=O) groups excluding carboxylic acids is 1. The average molecular weight is 322 g/mol. The molecule has 1 aromatic heterocycles. The zero-order valence-corrected chi connectivity index (χ0v) is 12.1. The third-order valence-corrected chi connectivity index (χ3v) is 2.82. The van der Waals surface area contributed by atoms with Crippen LogP contribution in [0.5, 0.6) is 0 Å². The van der Waals surface area contributed by atoms with E-state index in [9.17, 15) is 4.79 Å². The van der Waals surface area contributed by atoms with Gasteiger partial charge in [0.1, 0.15) is 5.82 Å². The normalized spacial score (nSPS) is 10.1. The number of halogens is 1. The molecule has 0 aliphatic heterocycles. The van der Waals surface area contributed by atoms with Gasteiger partial charge in [-0.3, -0.25) is 0 Å². The molecule has 0 bridgehead atoms. The summed E-state index contributed by atoms with van der Waals surface area (Å²) >= 11 is 3.43. The van der Waals surface area contributed by atoms with Gasteiger partial charge in [0.25, 0.3) is 0 Å². The monoisotopic (exact) mass is 321 g/mol. The molecule has 0 unspecified atom stereocenters. The fourth-order valence-corrected chi connectivity index (χ4v) is 2.17. The minimum Gasteiger partial charge on any atom is -0.464 e. The van der Waals surface area contributed by atoms with Crippen molar-refractivity contribution < 1.29 is 9.53 Å². The molecule has 2 aromatic rings. The second-order valence-electron chi connectivity index (χ2n) is 3.92. The van der Waals surface area contributed by atoms with Crippen molar-refractivity contribution in [1.29, 1.82) is 0 Å². The number of hydrogen-bond acceptors (Lipinski definition) is 5. The van der Waals surface area contributed by atoms with E-state index in [1.54, 1.807) is 0 Å². The first-order chi connectivity index (χ1) is 9.08. The Labute approximate surface area is 119 Å². The smallest absolute Gasteiger partial charge is 0.358 e. The number of benzene rings is 1. The lowest BCUT2D eigenvalue weighted by atomic mass is 10.2. The highest BCUT2D eigenvalue weighted by atomic mass is 79.9. The molecular weight excluding hydrogens is 310 g/mol. The van der Waals surface area contributed by atoms with Gasteiger partial charge in [-0.2, -0.15) is 0 Å². The van der Waals surface area contributed by atoms with E-state index in [-0.39, 0.29) is 5.69 Å². The zero-order valence-electron chi connectivity index (χ0n) is 10.5. The molecule has 0 saturated heterocycles. The van der Waals surface area contributed by atoms with E-state index in [4.69, 9.17) is 0 Å². The summed E-state index contributed by atoms with van der Waals surface area (Å²) in [6, 6.07) is 5.93. The number of esters is 1. The SMILES string of the molecule is COC(=O)c1cnc(Nc2cc(C)cc(Br)c2)cn1. The molecule has 2 rings (SSSR count). The summed E-state index contributed by atoms with van der Waals surface area (Å²) in [6.07, 6.45) is 2.86. The Bertz CT molecular complexity index is 579. The van der Waals surface area contributed by atoms with Gasteiger partial charge in [-0.1, -0.05) is 15.9 Å². The number of aromatic nitrogens is 2. The van der Waals surface area contributed by atoms with Gasteiger partial charge in [-0.05, 0) is 30.7 Å². The summed E-state index contributed by atoms with van der Waals surface area (Å²) in [6.45, 7) is 2.00. The molecule has 0 aliphatic carbocycles. The lowest BCUT2D eigenvalue weighted by Gasteiger charge is -2.07. The maximum atomic E-state index is 11.2. The first-order valence-corrected chi connectivity index (χ1v) is 6.32. The van der Waals surface area contributed by atoms with Gasteiger partial charge < -0.3 is 10.1 Å². The molecule has 5 nitrogen and oxygen atoms in total. The van der Waals surface area contributed by atoms with Crippen molar-refractivity contribution in [1.82, 2.24) is 9.97 Å². The van der Waals surface area contributed by atoms with Crippen LogP contribution in [0.15, 0.2) is 35.1 Å². The van der Waals surface area contributed by atoms with Crippen LogP contribution >= 0.6 is 15.9 Å². The Morgan fingerprint density at radius 3 is 2.63 bits per heavy atom. The standard InChI is InChI=1S/C13H12BrN3O2/c1-8-3-9(14)5-10(4-8)17-12-7-15-11(6-16-12)13(18)19-2/h3-7H,1-2H3,(H,16,17). The maximum absolute atomic E-state index is 11.2. The highest BCUT2D eigenvalue weighted by Crippen LogP contribution is 2.21. The van der Waals surface area contributed by atoms with Crippen molar-refractivity contribution in [2.24, 2.45) is 0 Å². The molecule has 1 heterocycles. The van der Waals surface area contributed by atoms with Gasteiger partial charge in [0.05, 0.1) is 19.5 Å². The topological polar surface area (TPSA) is 64.1 Å². The Kier molecular flexibility index (Phi) is 4.11. The van der Waals surface area contributed by atoms with Crippen molar-refractivity contribution in [2.75, 3.05) is 12.4 Å². The fraction of sp³-hybridized carbons (Fsp3) is 0.154. The third-order valence-electron chi connectivity index (χ3n) is 2.36. The molecule has 0 spiro atoms. The molecule has 0 fully saturated rings. The van der Waals surface area contributed by atoms with Crippen LogP contribution in [0.25, 0.3) is 0 Å². The summed E-state index contributed by atoms with van der Waals surface area (Å²) in [7, 11) is 1.31. The second kappa shape index (κ2) is 5.79. The fourth-order valence-electron chi connectivity index (χ4n) is 1.56. The van der Waals surface area contributed by atoms with Crippen LogP contribution in [0.3, 0.4) is 0 Å². The third kappa shape index (κ3) is 3.51. The number of rotatable bonds is 3. The molecule has 19 heavy (non-hydrogen) atoms. The summed E-state index contributed by atoms with van der Waals surface area (Å²) in [5.41, 5.74) is 2.20. The average Bonchev–Trinajstić information content (AvgIpc) is 2.37. The van der Waals surface area contributed by atoms with Gasteiger partial charge in [0.2, 0.25) is 0 Å². The number of methoxy groups -OCH3 is 1. The summed E-state index contributed by atoms with van der Waals surface area (Å²) in [5.74, 6) is 0.0579. The number of nitrogens with one attached hydrogen (secondary N) is 1. The summed E-state index contributed by atoms with van der Waals surface area (Å²) in [5, 5.41) is 3.11. The highest BCUT2D eigenvalue weighted by Gasteiger charge is 2.07. The van der Waals surface area contributed by atoms with Crippen LogP contribution in [-0.4, -0.2) is 23.0 Å². The Morgan fingerprint density at radius 1 is 1.26 bits per heavy atom. The molecule has 0 amide bonds. The zero-order chi connectivity index (χ0) is 13.8. The van der Waals surface area contributed by atoms with Crippen molar-refractivity contribution in [3.8, 4) is 0 Å². The quantitative estimate of drug-likeness (QED) is 0.880. The minimum atomic E-state index is -0.502. The Morgan fingerprint density at radius 2 is 2.05 bits per heavy atom. The summed E-state index contributed by atoms with van der Waals surface area (Å²) < 4.78 is 5.54. The molecule has 6 heteroatoms. The van der Waals surface area contributed by atoms with Crippen LogP contribution in [-0.2, 0) is 4.74 Å². The first-order valence-electron chi connectivity index (χ1n) is 5.53. The van der Waals surface area contributed by atoms with E-state index >= 15 is 0 Å². The number of nitrogens with zero attached hydrogens (tertiary/aromatic N) is 2. The number of anilines is 2. The lowest BCUT2D eigenvalue weighted by molar-refractivity contribution is 0.0593. The summed E-state index contributed by atoms with van der Waals surface area (Å²) in [4.78, 5) is 19.3. The molecule has 1 N–H and O–H groups in total. The van der Waals surface area contributed by atoms with E-state index in [2.05, 4.69) is 36.0 Å². The molecule has 0 saturated carbocycles. The minimum absolute atomic E-state index is 0.179. The maximum Gasteiger partial charge on any atom is 0.358 e. The molecule has 0 radical (unpaired) electrons. The van der Waals surface area contributed by atoms with Gasteiger partial charge >= 0.3 is 5.97 Å². The first kappa shape index (κ1) is 13.5. The predicted molar refractivity (Wildman–Crippen MR) is 75.5 cm³/mol. The van der Waals surface area contributed by atoms with E-state index in [1.165, 1.54) is 19.5 Å². The highest BCUT2D eigenvalue weighted by molar-refractivity contribution is 9.10. The van der Waals surface area contributed by atoms with Crippen molar-refractivity contribution in [2.45, 2.75) is 6.92 Å². The molecule has 0 aliphatic rings. The van der Waals surface area contributed by atoms with E-state index in [0.29, 0.717) is 5.82 Å². The Hall–Kier alpha value is -1.95. The van der Waals surface area contributed by atoms with E-state index in [1.807, 2.05) is 25.1 Å². The largest absolute Gasteiger partial charge is 0.464 e. The van der Waals surface area contributed by atoms with Crippen LogP contribution < -0.4 is 5.32 Å². The Balaban J connectivity index is 2.17. The van der Waals surface area contributed by atoms with Crippen molar-refractivity contribution in [3.63, 3.8) is 0 Å². The lowest BCUT2D eigenvalue weighted by Crippen LogP contribution is -2.05. The van der Waals surface area contributed by atoms with Gasteiger partial charge in [-0.25, -0.2) is 14.8 Å². The molecule has 98 valence electrons. The van der Waals surface area contributed by atoms with Crippen molar-refractivity contribution in [3.05, 3.63) is 46.3 Å². The number of hydrogen-bond donors (Lipinski definition) is 1. The van der Waals surface area contributed by atoms with Gasteiger partial charge in [0, 0.05) is 10.2 Å². The van der Waals surface area contributed by atoms with Gasteiger partial charge in [0.15, 0.2) is 5.69 Å².